The number of carboxylic acid groups (broad SMARTS) is 1. The average molecular weight is 278 g/mol. The quantitative estimate of drug-likeness (QED) is 0.765. The number of carboxylic acids is 1. The van der Waals surface area contributed by atoms with Crippen LogP contribution < -0.4 is 5.32 Å². The number of para-hydroxylation sites is 1. The number of aliphatic hydroxyl groups excluding tert-OH is 1. The van der Waals surface area contributed by atoms with Gasteiger partial charge in [0.15, 0.2) is 0 Å². The van der Waals surface area contributed by atoms with Gasteiger partial charge in [0, 0.05) is 12.6 Å². The summed E-state index contributed by atoms with van der Waals surface area (Å²) in [6.45, 7) is 0.149. The van der Waals surface area contributed by atoms with Crippen LogP contribution in [0.5, 0.6) is 0 Å². The number of carbonyl (C=O) groups is 2. The van der Waals surface area contributed by atoms with Crippen LogP contribution in [0.3, 0.4) is 0 Å². The zero-order chi connectivity index (χ0) is 14.5. The van der Waals surface area contributed by atoms with Crippen LogP contribution in [0.1, 0.15) is 29.6 Å². The number of aromatic carboxylic acids is 1. The molecule has 0 bridgehead atoms. The Morgan fingerprint density at radius 1 is 1.30 bits per heavy atom. The van der Waals surface area contributed by atoms with Gasteiger partial charge in [0.2, 0.25) is 0 Å². The molecule has 0 atom stereocenters. The van der Waals surface area contributed by atoms with Crippen LogP contribution in [0.25, 0.3) is 0 Å². The molecular weight excluding hydrogens is 260 g/mol. The van der Waals surface area contributed by atoms with Crippen LogP contribution in [0, 0.1) is 0 Å². The molecule has 6 heteroatoms. The highest BCUT2D eigenvalue weighted by molar-refractivity contribution is 6.00. The van der Waals surface area contributed by atoms with Crippen molar-refractivity contribution in [3.8, 4) is 0 Å². The van der Waals surface area contributed by atoms with Crippen LogP contribution in [0.2, 0.25) is 0 Å². The first kappa shape index (κ1) is 14.3. The van der Waals surface area contributed by atoms with Crippen LogP contribution in [0.4, 0.5) is 10.5 Å². The Kier molecular flexibility index (Phi) is 4.57. The van der Waals surface area contributed by atoms with Crippen molar-refractivity contribution in [2.45, 2.75) is 25.3 Å². The van der Waals surface area contributed by atoms with Gasteiger partial charge in [-0.15, -0.1) is 0 Å². The minimum atomic E-state index is -1.08. The lowest BCUT2D eigenvalue weighted by molar-refractivity contribution is 0.0698. The van der Waals surface area contributed by atoms with Crippen molar-refractivity contribution < 1.29 is 19.8 Å². The van der Waals surface area contributed by atoms with Gasteiger partial charge in [0.1, 0.15) is 0 Å². The van der Waals surface area contributed by atoms with Crippen molar-refractivity contribution in [3.05, 3.63) is 29.8 Å². The number of anilines is 1. The zero-order valence-electron chi connectivity index (χ0n) is 11.1. The summed E-state index contributed by atoms with van der Waals surface area (Å²) in [6, 6.07) is 6.05. The first-order valence-electron chi connectivity index (χ1n) is 6.64. The molecule has 0 aromatic heterocycles. The summed E-state index contributed by atoms with van der Waals surface area (Å²) < 4.78 is 0. The van der Waals surface area contributed by atoms with Crippen molar-refractivity contribution in [2.75, 3.05) is 18.5 Å². The number of nitrogens with zero attached hydrogens (tertiary/aromatic N) is 1. The number of amides is 2. The molecule has 0 saturated heterocycles. The third kappa shape index (κ3) is 3.08. The zero-order valence-corrected chi connectivity index (χ0v) is 11.1. The Morgan fingerprint density at radius 3 is 2.55 bits per heavy atom. The largest absolute Gasteiger partial charge is 0.478 e. The fraction of sp³-hybridized carbons (Fsp3) is 0.429. The summed E-state index contributed by atoms with van der Waals surface area (Å²) in [6.07, 6.45) is 2.92. The molecule has 1 fully saturated rings. The highest BCUT2D eigenvalue weighted by Gasteiger charge is 2.28. The van der Waals surface area contributed by atoms with Crippen molar-refractivity contribution in [3.63, 3.8) is 0 Å². The maximum absolute atomic E-state index is 12.2. The van der Waals surface area contributed by atoms with E-state index in [1.165, 1.54) is 6.07 Å². The minimum Gasteiger partial charge on any atom is -0.478 e. The van der Waals surface area contributed by atoms with E-state index in [1.54, 1.807) is 23.1 Å². The van der Waals surface area contributed by atoms with Gasteiger partial charge in [0.25, 0.3) is 0 Å². The molecule has 0 aliphatic heterocycles. The van der Waals surface area contributed by atoms with Crippen LogP contribution in [-0.2, 0) is 0 Å². The summed E-state index contributed by atoms with van der Waals surface area (Å²) in [5.41, 5.74) is 0.325. The van der Waals surface area contributed by atoms with E-state index in [9.17, 15) is 9.59 Å². The fourth-order valence-corrected chi connectivity index (χ4v) is 2.22. The summed E-state index contributed by atoms with van der Waals surface area (Å²) in [7, 11) is 0. The van der Waals surface area contributed by atoms with Crippen LogP contribution in [0.15, 0.2) is 24.3 Å². The van der Waals surface area contributed by atoms with Gasteiger partial charge in [-0.1, -0.05) is 12.1 Å². The molecule has 108 valence electrons. The van der Waals surface area contributed by atoms with Gasteiger partial charge in [0.05, 0.1) is 17.9 Å². The SMILES string of the molecule is O=C(O)c1ccccc1NC(=O)N(CCO)C1CCC1. The Hall–Kier alpha value is -2.08. The lowest BCUT2D eigenvalue weighted by atomic mass is 9.91. The number of nitrogens with one attached hydrogen (secondary N) is 1. The van der Waals surface area contributed by atoms with Gasteiger partial charge >= 0.3 is 12.0 Å². The van der Waals surface area contributed by atoms with Gasteiger partial charge in [-0.25, -0.2) is 9.59 Å². The standard InChI is InChI=1S/C14H18N2O4/c17-9-8-16(10-4-3-5-10)14(20)15-12-7-2-1-6-11(12)13(18)19/h1-2,6-7,10,17H,3-5,8-9H2,(H,15,20)(H,18,19). The fourth-order valence-electron chi connectivity index (χ4n) is 2.22. The van der Waals surface area contributed by atoms with Gasteiger partial charge < -0.3 is 20.4 Å². The predicted octanol–water partition coefficient (Wildman–Crippen LogP) is 1.76. The second kappa shape index (κ2) is 6.38. The average Bonchev–Trinajstić information content (AvgIpc) is 2.36. The summed E-state index contributed by atoms with van der Waals surface area (Å²) in [5.74, 6) is -1.08. The Labute approximate surface area is 117 Å². The summed E-state index contributed by atoms with van der Waals surface area (Å²) in [4.78, 5) is 24.9. The number of hydrogen-bond donors (Lipinski definition) is 3. The molecule has 20 heavy (non-hydrogen) atoms. The maximum atomic E-state index is 12.2. The normalized spacial score (nSPS) is 14.4. The third-order valence-electron chi connectivity index (χ3n) is 3.52. The van der Waals surface area contributed by atoms with Crippen LogP contribution in [-0.4, -0.2) is 46.3 Å². The lowest BCUT2D eigenvalue weighted by Gasteiger charge is -2.37. The van der Waals surface area contributed by atoms with Crippen molar-refractivity contribution in [1.82, 2.24) is 4.90 Å². The molecule has 1 aromatic rings. The first-order valence-corrected chi connectivity index (χ1v) is 6.64. The minimum absolute atomic E-state index is 0.0541. The molecule has 6 nitrogen and oxygen atoms in total. The van der Waals surface area contributed by atoms with Gasteiger partial charge in [-0.3, -0.25) is 0 Å². The molecule has 2 rings (SSSR count). The maximum Gasteiger partial charge on any atom is 0.337 e. The number of carbonyl (C=O) groups excluding carboxylic acids is 1. The van der Waals surface area contributed by atoms with E-state index < -0.39 is 5.97 Å². The molecule has 1 saturated carbocycles. The number of aliphatic hydroxyl groups is 1. The Balaban J connectivity index is 2.11. The van der Waals surface area contributed by atoms with Crippen molar-refractivity contribution in [1.29, 1.82) is 0 Å². The van der Waals surface area contributed by atoms with Crippen molar-refractivity contribution >= 4 is 17.7 Å². The van der Waals surface area contributed by atoms with E-state index in [-0.39, 0.29) is 36.5 Å². The Morgan fingerprint density at radius 2 is 2.00 bits per heavy atom. The molecule has 3 N–H and O–H groups in total. The molecule has 0 heterocycles. The number of rotatable bonds is 5. The Bertz CT molecular complexity index is 500. The predicted molar refractivity (Wildman–Crippen MR) is 73.9 cm³/mol. The molecule has 1 aliphatic rings. The molecule has 1 aromatic carbocycles. The third-order valence-corrected chi connectivity index (χ3v) is 3.52. The summed E-state index contributed by atoms with van der Waals surface area (Å²) >= 11 is 0. The smallest absolute Gasteiger partial charge is 0.337 e. The molecule has 1 aliphatic carbocycles. The van der Waals surface area contributed by atoms with Gasteiger partial charge in [-0.2, -0.15) is 0 Å². The highest BCUT2D eigenvalue weighted by Crippen LogP contribution is 2.25. The molecule has 0 unspecified atom stereocenters. The number of benzene rings is 1. The lowest BCUT2D eigenvalue weighted by Crippen LogP contribution is -2.47. The monoisotopic (exact) mass is 278 g/mol. The molecule has 2 amide bonds. The first-order chi connectivity index (χ1) is 9.63. The number of hydrogen-bond acceptors (Lipinski definition) is 3. The van der Waals surface area contributed by atoms with E-state index in [0.29, 0.717) is 0 Å². The topological polar surface area (TPSA) is 89.9 Å². The van der Waals surface area contributed by atoms with E-state index in [1.807, 2.05) is 0 Å². The molecule has 0 spiro atoms. The molecular formula is C14H18N2O4. The van der Waals surface area contributed by atoms with Gasteiger partial charge in [-0.05, 0) is 31.4 Å². The van der Waals surface area contributed by atoms with Crippen molar-refractivity contribution in [2.24, 2.45) is 0 Å². The number of urea groups is 1. The molecule has 0 radical (unpaired) electrons. The highest BCUT2D eigenvalue weighted by atomic mass is 16.4. The van der Waals surface area contributed by atoms with E-state index in [2.05, 4.69) is 5.32 Å². The second-order valence-corrected chi connectivity index (χ2v) is 4.78. The second-order valence-electron chi connectivity index (χ2n) is 4.78. The van der Waals surface area contributed by atoms with E-state index in [4.69, 9.17) is 10.2 Å². The van der Waals surface area contributed by atoms with E-state index in [0.717, 1.165) is 19.3 Å². The van der Waals surface area contributed by atoms with E-state index >= 15 is 0 Å². The van der Waals surface area contributed by atoms with Crippen LogP contribution >= 0.6 is 0 Å². The summed E-state index contributed by atoms with van der Waals surface area (Å²) in [5, 5.41) is 20.8.